The largest absolute Gasteiger partial charge is 0.422 e. The Labute approximate surface area is 160 Å². The Morgan fingerprint density at radius 2 is 2.11 bits per heavy atom. The lowest BCUT2D eigenvalue weighted by atomic mass is 10.1. The standard InChI is InChI=1S/C20H20ClN3O3/c1-2-5-17-22-15-8-9-24(10-13(15)19(25)23-17)11-14-18(21)12-6-3-4-7-16(12)27-20(14)26/h3-4,6-7H,2,5,8-11H2,1H3,(H,22,23,25). The van der Waals surface area contributed by atoms with E-state index in [0.717, 1.165) is 29.7 Å². The van der Waals surface area contributed by atoms with Gasteiger partial charge in [0, 0.05) is 37.9 Å². The Balaban J connectivity index is 1.63. The molecular formula is C20H20ClN3O3. The van der Waals surface area contributed by atoms with Crippen molar-refractivity contribution in [3.05, 3.63) is 72.7 Å². The van der Waals surface area contributed by atoms with Crippen molar-refractivity contribution in [2.24, 2.45) is 0 Å². The molecule has 0 unspecified atom stereocenters. The molecule has 6 nitrogen and oxygen atoms in total. The van der Waals surface area contributed by atoms with Gasteiger partial charge in [0.2, 0.25) is 0 Å². The number of aromatic amines is 1. The Morgan fingerprint density at radius 1 is 1.30 bits per heavy atom. The van der Waals surface area contributed by atoms with Gasteiger partial charge in [-0.05, 0) is 18.6 Å². The highest BCUT2D eigenvalue weighted by Crippen LogP contribution is 2.26. The summed E-state index contributed by atoms with van der Waals surface area (Å²) in [5.74, 6) is 0.743. The van der Waals surface area contributed by atoms with Gasteiger partial charge in [0.1, 0.15) is 11.4 Å². The number of aryl methyl sites for hydroxylation is 1. The second kappa shape index (κ2) is 7.29. The van der Waals surface area contributed by atoms with E-state index in [1.54, 1.807) is 12.1 Å². The summed E-state index contributed by atoms with van der Waals surface area (Å²) >= 11 is 6.49. The first-order chi connectivity index (χ1) is 13.1. The van der Waals surface area contributed by atoms with E-state index in [0.29, 0.717) is 47.8 Å². The molecular weight excluding hydrogens is 366 g/mol. The van der Waals surface area contributed by atoms with Gasteiger partial charge in [-0.1, -0.05) is 30.7 Å². The Kier molecular flexibility index (Phi) is 4.85. The molecule has 0 bridgehead atoms. The summed E-state index contributed by atoms with van der Waals surface area (Å²) in [6, 6.07) is 7.21. The fourth-order valence-electron chi connectivity index (χ4n) is 3.53. The van der Waals surface area contributed by atoms with Crippen LogP contribution in [0.4, 0.5) is 0 Å². The maximum atomic E-state index is 12.4. The summed E-state index contributed by atoms with van der Waals surface area (Å²) in [4.78, 5) is 34.3. The van der Waals surface area contributed by atoms with Crippen LogP contribution in [-0.2, 0) is 25.9 Å². The molecule has 0 aliphatic carbocycles. The molecule has 1 N–H and O–H groups in total. The van der Waals surface area contributed by atoms with Crippen LogP contribution in [0.5, 0.6) is 0 Å². The van der Waals surface area contributed by atoms with Gasteiger partial charge >= 0.3 is 5.63 Å². The SMILES string of the molecule is CCCc1nc2c(c(=O)[nH]1)CN(Cc1c(Cl)c3ccccc3oc1=O)CC2. The van der Waals surface area contributed by atoms with Crippen molar-refractivity contribution in [3.8, 4) is 0 Å². The van der Waals surface area contributed by atoms with Gasteiger partial charge in [-0.2, -0.15) is 0 Å². The monoisotopic (exact) mass is 385 g/mol. The van der Waals surface area contributed by atoms with Crippen molar-refractivity contribution in [3.63, 3.8) is 0 Å². The molecule has 0 saturated heterocycles. The molecule has 140 valence electrons. The van der Waals surface area contributed by atoms with Gasteiger partial charge in [-0.15, -0.1) is 0 Å². The third-order valence-corrected chi connectivity index (χ3v) is 5.33. The number of hydrogen-bond donors (Lipinski definition) is 1. The number of hydrogen-bond acceptors (Lipinski definition) is 5. The van der Waals surface area contributed by atoms with Crippen molar-refractivity contribution >= 4 is 22.6 Å². The topological polar surface area (TPSA) is 79.2 Å². The van der Waals surface area contributed by atoms with Gasteiger partial charge in [0.05, 0.1) is 21.8 Å². The molecule has 0 radical (unpaired) electrons. The summed E-state index contributed by atoms with van der Waals surface area (Å²) in [6.45, 7) is 3.53. The lowest BCUT2D eigenvalue weighted by Gasteiger charge is -2.27. The lowest BCUT2D eigenvalue weighted by Crippen LogP contribution is -2.36. The number of nitrogens with one attached hydrogen (secondary N) is 1. The zero-order valence-corrected chi connectivity index (χ0v) is 15.8. The Morgan fingerprint density at radius 3 is 2.93 bits per heavy atom. The molecule has 1 aliphatic heterocycles. The first-order valence-electron chi connectivity index (χ1n) is 9.10. The van der Waals surface area contributed by atoms with Crippen LogP contribution in [0, 0.1) is 0 Å². The Hall–Kier alpha value is -2.44. The maximum Gasteiger partial charge on any atom is 0.342 e. The third kappa shape index (κ3) is 3.42. The zero-order chi connectivity index (χ0) is 19.0. The van der Waals surface area contributed by atoms with Crippen LogP contribution in [-0.4, -0.2) is 21.4 Å². The third-order valence-electron chi connectivity index (χ3n) is 4.90. The van der Waals surface area contributed by atoms with E-state index in [-0.39, 0.29) is 5.56 Å². The first-order valence-corrected chi connectivity index (χ1v) is 9.48. The van der Waals surface area contributed by atoms with Crippen LogP contribution in [0.2, 0.25) is 5.02 Å². The van der Waals surface area contributed by atoms with E-state index in [2.05, 4.69) is 16.9 Å². The molecule has 1 aromatic carbocycles. The normalized spacial score (nSPS) is 14.4. The number of fused-ring (bicyclic) bond motifs is 2. The van der Waals surface area contributed by atoms with E-state index in [9.17, 15) is 9.59 Å². The predicted molar refractivity (Wildman–Crippen MR) is 104 cm³/mol. The van der Waals surface area contributed by atoms with Crippen molar-refractivity contribution < 1.29 is 4.42 Å². The van der Waals surface area contributed by atoms with E-state index in [1.165, 1.54) is 0 Å². The number of rotatable bonds is 4. The van der Waals surface area contributed by atoms with Crippen LogP contribution in [0.25, 0.3) is 11.0 Å². The fourth-order valence-corrected chi connectivity index (χ4v) is 3.82. The second-order valence-electron chi connectivity index (χ2n) is 6.83. The highest BCUT2D eigenvalue weighted by molar-refractivity contribution is 6.35. The van der Waals surface area contributed by atoms with Gasteiger partial charge in [-0.3, -0.25) is 9.69 Å². The minimum absolute atomic E-state index is 0.0928. The number of nitrogens with zero attached hydrogens (tertiary/aromatic N) is 2. The van der Waals surface area contributed by atoms with Crippen LogP contribution >= 0.6 is 11.6 Å². The summed E-state index contributed by atoms with van der Waals surface area (Å²) < 4.78 is 5.40. The molecule has 0 amide bonds. The van der Waals surface area contributed by atoms with Crippen LogP contribution in [0.3, 0.4) is 0 Å². The maximum absolute atomic E-state index is 12.4. The zero-order valence-electron chi connectivity index (χ0n) is 15.0. The van der Waals surface area contributed by atoms with Crippen LogP contribution in [0.1, 0.15) is 36.0 Å². The average Bonchev–Trinajstić information content (AvgIpc) is 2.66. The molecule has 0 atom stereocenters. The van der Waals surface area contributed by atoms with Crippen LogP contribution < -0.4 is 11.2 Å². The molecule has 3 heterocycles. The molecule has 0 spiro atoms. The molecule has 27 heavy (non-hydrogen) atoms. The molecule has 4 rings (SSSR count). The molecule has 2 aromatic heterocycles. The number of aromatic nitrogens is 2. The highest BCUT2D eigenvalue weighted by Gasteiger charge is 2.23. The minimum atomic E-state index is -0.435. The second-order valence-corrected chi connectivity index (χ2v) is 7.20. The smallest absolute Gasteiger partial charge is 0.342 e. The van der Waals surface area contributed by atoms with Crippen molar-refractivity contribution in [1.29, 1.82) is 0 Å². The van der Waals surface area contributed by atoms with E-state index in [1.807, 2.05) is 17.0 Å². The molecule has 0 saturated carbocycles. The number of halogens is 1. The van der Waals surface area contributed by atoms with Gasteiger partial charge in [-0.25, -0.2) is 9.78 Å². The predicted octanol–water partition coefficient (Wildman–Crippen LogP) is 3.04. The highest BCUT2D eigenvalue weighted by atomic mass is 35.5. The fraction of sp³-hybridized carbons (Fsp3) is 0.350. The van der Waals surface area contributed by atoms with E-state index < -0.39 is 5.63 Å². The minimum Gasteiger partial charge on any atom is -0.422 e. The van der Waals surface area contributed by atoms with E-state index >= 15 is 0 Å². The molecule has 1 aliphatic rings. The molecule has 7 heteroatoms. The van der Waals surface area contributed by atoms with Crippen LogP contribution in [0.15, 0.2) is 38.3 Å². The van der Waals surface area contributed by atoms with Crippen molar-refractivity contribution in [2.45, 2.75) is 39.3 Å². The van der Waals surface area contributed by atoms with Gasteiger partial charge < -0.3 is 9.40 Å². The number of benzene rings is 1. The first kappa shape index (κ1) is 17.9. The van der Waals surface area contributed by atoms with Gasteiger partial charge in [0.25, 0.3) is 5.56 Å². The molecule has 0 fully saturated rings. The van der Waals surface area contributed by atoms with Crippen molar-refractivity contribution in [1.82, 2.24) is 14.9 Å². The quantitative estimate of drug-likeness (QED) is 0.698. The average molecular weight is 386 g/mol. The number of H-pyrrole nitrogens is 1. The lowest BCUT2D eigenvalue weighted by molar-refractivity contribution is 0.238. The van der Waals surface area contributed by atoms with E-state index in [4.69, 9.17) is 16.0 Å². The summed E-state index contributed by atoms with van der Waals surface area (Å²) in [5, 5.41) is 1.13. The van der Waals surface area contributed by atoms with Gasteiger partial charge in [0.15, 0.2) is 0 Å². The summed E-state index contributed by atoms with van der Waals surface area (Å²) in [5.41, 5.74) is 1.90. The molecule has 3 aromatic rings. The summed E-state index contributed by atoms with van der Waals surface area (Å²) in [6.07, 6.45) is 2.37. The Bertz CT molecular complexity index is 1120. The van der Waals surface area contributed by atoms with Crippen molar-refractivity contribution in [2.75, 3.05) is 6.54 Å². The number of para-hydroxylation sites is 1. The summed E-state index contributed by atoms with van der Waals surface area (Å²) in [7, 11) is 0.